The zero-order valence-electron chi connectivity index (χ0n) is 25.9. The molecule has 45 heavy (non-hydrogen) atoms. The lowest BCUT2D eigenvalue weighted by atomic mass is 10.2. The maximum absolute atomic E-state index is 12.7. The summed E-state index contributed by atoms with van der Waals surface area (Å²) in [5.74, 6) is -2.94. The number of benzene rings is 1. The monoisotopic (exact) mass is 630 g/mol. The number of carbonyl (C=O) groups excluding carboxylic acids is 6. The lowest BCUT2D eigenvalue weighted by Crippen LogP contribution is -2.33. The third kappa shape index (κ3) is 14.6. The Bertz CT molecular complexity index is 1300. The van der Waals surface area contributed by atoms with Crippen molar-refractivity contribution < 1.29 is 57.2 Å². The minimum absolute atomic E-state index is 0.113. The zero-order valence-corrected chi connectivity index (χ0v) is 25.9. The molecule has 0 fully saturated rings. The molecule has 2 N–H and O–H groups in total. The molecule has 0 unspecified atom stereocenters. The van der Waals surface area contributed by atoms with E-state index in [9.17, 15) is 28.8 Å². The second kappa shape index (κ2) is 18.3. The molecule has 1 rings (SSSR count). The van der Waals surface area contributed by atoms with Crippen LogP contribution in [-0.4, -0.2) is 74.7 Å². The van der Waals surface area contributed by atoms with E-state index in [1.165, 1.54) is 39.8 Å². The van der Waals surface area contributed by atoms with Crippen LogP contribution >= 0.6 is 0 Å². The summed E-state index contributed by atoms with van der Waals surface area (Å²) in [7, 11) is 0. The van der Waals surface area contributed by atoms with Gasteiger partial charge in [0.25, 0.3) is 0 Å². The molecule has 0 spiro atoms. The van der Waals surface area contributed by atoms with Gasteiger partial charge >= 0.3 is 36.1 Å². The SMILES string of the molecule is C=C(C)C(=O)OCC(COC(=O)C(=C)C)OC(=O)Nc1ccc(C)c(NC(=O)OC(COC(=O)C(=C)C)COC(=O)C(=C)C)c1. The molecule has 2 amide bonds. The van der Waals surface area contributed by atoms with Crippen molar-refractivity contribution in [3.05, 3.63) is 72.4 Å². The van der Waals surface area contributed by atoms with Crippen molar-refractivity contribution in [1.29, 1.82) is 0 Å². The van der Waals surface area contributed by atoms with E-state index in [0.29, 0.717) is 5.56 Å². The number of hydrogen-bond donors (Lipinski definition) is 2. The molecule has 0 aliphatic heterocycles. The molecule has 0 heterocycles. The third-order valence-electron chi connectivity index (χ3n) is 5.26. The zero-order chi connectivity index (χ0) is 34.3. The van der Waals surface area contributed by atoms with Crippen molar-refractivity contribution in [3.8, 4) is 0 Å². The van der Waals surface area contributed by atoms with Crippen LogP contribution in [0.25, 0.3) is 0 Å². The summed E-state index contributed by atoms with van der Waals surface area (Å²) in [5, 5.41) is 4.96. The van der Waals surface area contributed by atoms with Crippen molar-refractivity contribution >= 4 is 47.4 Å². The van der Waals surface area contributed by atoms with E-state index in [4.69, 9.17) is 28.4 Å². The van der Waals surface area contributed by atoms with Gasteiger partial charge in [-0.05, 0) is 52.3 Å². The number of amides is 2. The molecule has 1 aromatic rings. The standard InChI is InChI=1S/C31H38N2O12/c1-17(2)26(34)40-13-23(14-41-27(35)18(3)4)44-30(38)32-22-11-10-21(9)25(12-22)33-31(39)45-24(15-42-28(36)19(5)6)16-43-29(37)20(7)8/h10-12,23-24H,1,3,5,7,13-16H2,2,4,6,8-9H3,(H,32,38)(H,33,39). The first-order valence-corrected chi connectivity index (χ1v) is 13.4. The molecular weight excluding hydrogens is 592 g/mol. The predicted octanol–water partition coefficient (Wildman–Crippen LogP) is 4.31. The average Bonchev–Trinajstić information content (AvgIpc) is 2.96. The Kier molecular flexibility index (Phi) is 15.3. The molecule has 244 valence electrons. The Morgan fingerprint density at radius 3 is 1.27 bits per heavy atom. The summed E-state index contributed by atoms with van der Waals surface area (Å²) in [6.45, 7) is 19.5. The highest BCUT2D eigenvalue weighted by Crippen LogP contribution is 2.21. The molecule has 0 aliphatic rings. The molecule has 0 saturated carbocycles. The molecule has 0 aliphatic carbocycles. The van der Waals surface area contributed by atoms with Crippen LogP contribution < -0.4 is 10.6 Å². The van der Waals surface area contributed by atoms with Gasteiger partial charge in [-0.1, -0.05) is 32.4 Å². The molecule has 0 radical (unpaired) electrons. The molecule has 1 aromatic carbocycles. The third-order valence-corrected chi connectivity index (χ3v) is 5.26. The van der Waals surface area contributed by atoms with E-state index in [0.717, 1.165) is 0 Å². The summed E-state index contributed by atoms with van der Waals surface area (Å²) in [6, 6.07) is 4.49. The highest BCUT2D eigenvalue weighted by molar-refractivity contribution is 5.91. The van der Waals surface area contributed by atoms with Crippen LogP contribution in [0.3, 0.4) is 0 Å². The summed E-state index contributed by atoms with van der Waals surface area (Å²) in [5.41, 5.74) is 1.42. The predicted molar refractivity (Wildman–Crippen MR) is 162 cm³/mol. The number of ether oxygens (including phenoxy) is 6. The number of rotatable bonds is 16. The first-order valence-electron chi connectivity index (χ1n) is 13.4. The second-order valence-corrected chi connectivity index (χ2v) is 9.85. The molecule has 0 atom stereocenters. The van der Waals surface area contributed by atoms with Gasteiger partial charge in [0.2, 0.25) is 0 Å². The number of hydrogen-bond acceptors (Lipinski definition) is 12. The van der Waals surface area contributed by atoms with Crippen molar-refractivity contribution in [3.63, 3.8) is 0 Å². The number of nitrogens with one attached hydrogen (secondary N) is 2. The smallest absolute Gasteiger partial charge is 0.412 e. The molecule has 14 nitrogen and oxygen atoms in total. The first kappa shape index (κ1) is 37.6. The Hall–Kier alpha value is -5.40. The van der Waals surface area contributed by atoms with Gasteiger partial charge in [-0.15, -0.1) is 0 Å². The molecule has 14 heteroatoms. The quantitative estimate of drug-likeness (QED) is 0.150. The van der Waals surface area contributed by atoms with E-state index in [-0.39, 0.29) is 33.7 Å². The van der Waals surface area contributed by atoms with Crippen LogP contribution in [-0.2, 0) is 47.6 Å². The number of anilines is 2. The van der Waals surface area contributed by atoms with E-state index < -0.39 is 74.7 Å². The fraction of sp³-hybridized carbons (Fsp3) is 0.355. The number of esters is 4. The van der Waals surface area contributed by atoms with Crippen LogP contribution in [0.15, 0.2) is 66.8 Å². The minimum Gasteiger partial charge on any atom is -0.458 e. The number of aryl methyl sites for hydroxylation is 1. The van der Waals surface area contributed by atoms with Crippen LogP contribution in [0, 0.1) is 6.92 Å². The lowest BCUT2D eigenvalue weighted by molar-refractivity contribution is -0.148. The Morgan fingerprint density at radius 2 is 0.933 bits per heavy atom. The van der Waals surface area contributed by atoms with Crippen LogP contribution in [0.2, 0.25) is 0 Å². The van der Waals surface area contributed by atoms with Crippen molar-refractivity contribution in [1.82, 2.24) is 0 Å². The summed E-state index contributed by atoms with van der Waals surface area (Å²) in [6.07, 6.45) is -4.33. The van der Waals surface area contributed by atoms with Gasteiger partial charge < -0.3 is 28.4 Å². The van der Waals surface area contributed by atoms with E-state index >= 15 is 0 Å². The van der Waals surface area contributed by atoms with Crippen molar-refractivity contribution in [2.24, 2.45) is 0 Å². The minimum atomic E-state index is -1.18. The fourth-order valence-electron chi connectivity index (χ4n) is 2.82. The van der Waals surface area contributed by atoms with E-state index in [1.54, 1.807) is 13.0 Å². The first-order chi connectivity index (χ1) is 21.0. The average molecular weight is 631 g/mol. The molecule has 0 bridgehead atoms. The van der Waals surface area contributed by atoms with Crippen LogP contribution in [0.4, 0.5) is 21.0 Å². The maximum atomic E-state index is 12.7. The van der Waals surface area contributed by atoms with Gasteiger partial charge in [0.05, 0.1) is 0 Å². The van der Waals surface area contributed by atoms with Crippen molar-refractivity contribution in [2.75, 3.05) is 37.1 Å². The fourth-order valence-corrected chi connectivity index (χ4v) is 2.82. The Morgan fingerprint density at radius 1 is 0.600 bits per heavy atom. The van der Waals surface area contributed by atoms with Crippen LogP contribution in [0.1, 0.15) is 33.3 Å². The normalized spacial score (nSPS) is 10.2. The maximum Gasteiger partial charge on any atom is 0.412 e. The lowest BCUT2D eigenvalue weighted by Gasteiger charge is -2.20. The van der Waals surface area contributed by atoms with Gasteiger partial charge in [0, 0.05) is 33.7 Å². The Balaban J connectivity index is 2.95. The summed E-state index contributed by atoms with van der Waals surface area (Å²) < 4.78 is 30.7. The summed E-state index contributed by atoms with van der Waals surface area (Å²) in [4.78, 5) is 72.5. The van der Waals surface area contributed by atoms with E-state index in [2.05, 4.69) is 36.9 Å². The summed E-state index contributed by atoms with van der Waals surface area (Å²) >= 11 is 0. The topological polar surface area (TPSA) is 182 Å². The van der Waals surface area contributed by atoms with Gasteiger partial charge in [-0.3, -0.25) is 10.6 Å². The highest BCUT2D eigenvalue weighted by Gasteiger charge is 2.22. The van der Waals surface area contributed by atoms with Gasteiger partial charge in [-0.25, -0.2) is 28.8 Å². The highest BCUT2D eigenvalue weighted by atomic mass is 16.6. The largest absolute Gasteiger partial charge is 0.458 e. The molecule has 0 aromatic heterocycles. The van der Waals surface area contributed by atoms with E-state index in [1.807, 2.05) is 0 Å². The van der Waals surface area contributed by atoms with Gasteiger partial charge in [0.15, 0.2) is 12.2 Å². The second-order valence-electron chi connectivity index (χ2n) is 9.85. The Labute approximate surface area is 261 Å². The molecular formula is C31H38N2O12. The number of carbonyl (C=O) groups is 6. The molecule has 0 saturated heterocycles. The van der Waals surface area contributed by atoms with Gasteiger partial charge in [0.1, 0.15) is 26.4 Å². The van der Waals surface area contributed by atoms with Crippen LogP contribution in [0.5, 0.6) is 0 Å². The van der Waals surface area contributed by atoms with Crippen molar-refractivity contribution in [2.45, 2.75) is 46.8 Å². The van der Waals surface area contributed by atoms with Gasteiger partial charge in [-0.2, -0.15) is 0 Å².